The molecular weight excluding hydrogens is 282 g/mol. The van der Waals surface area contributed by atoms with Crippen molar-refractivity contribution < 1.29 is 4.79 Å². The summed E-state index contributed by atoms with van der Waals surface area (Å²) in [6.07, 6.45) is 8.98. The van der Waals surface area contributed by atoms with Gasteiger partial charge in [0.05, 0.1) is 0 Å². The van der Waals surface area contributed by atoms with Crippen LogP contribution in [0.2, 0.25) is 5.02 Å². The van der Waals surface area contributed by atoms with E-state index in [1.165, 1.54) is 37.7 Å². The highest BCUT2D eigenvalue weighted by molar-refractivity contribution is 6.30. The molecule has 2 fully saturated rings. The number of rotatable bonds is 6. The summed E-state index contributed by atoms with van der Waals surface area (Å²) in [5.41, 5.74) is 1.20. The molecule has 2 nitrogen and oxygen atoms in total. The molecule has 1 amide bonds. The summed E-state index contributed by atoms with van der Waals surface area (Å²) in [7, 11) is 0. The van der Waals surface area contributed by atoms with Crippen LogP contribution in [0.25, 0.3) is 0 Å². The Morgan fingerprint density at radius 2 is 2.10 bits per heavy atom. The molecule has 0 radical (unpaired) electrons. The molecule has 2 aliphatic rings. The molecule has 114 valence electrons. The lowest BCUT2D eigenvalue weighted by Gasteiger charge is -2.09. The highest BCUT2D eigenvalue weighted by atomic mass is 35.5. The van der Waals surface area contributed by atoms with Crippen molar-refractivity contribution in [2.45, 2.75) is 50.9 Å². The number of nitrogens with one attached hydrogen (secondary N) is 1. The molecule has 0 saturated heterocycles. The molecule has 1 N–H and O–H groups in total. The fourth-order valence-electron chi connectivity index (χ4n) is 3.62. The van der Waals surface area contributed by atoms with E-state index in [0.29, 0.717) is 5.92 Å². The van der Waals surface area contributed by atoms with Gasteiger partial charge in [-0.3, -0.25) is 4.79 Å². The third-order valence-corrected chi connectivity index (χ3v) is 5.20. The van der Waals surface area contributed by atoms with Crippen molar-refractivity contribution in [1.29, 1.82) is 0 Å². The van der Waals surface area contributed by atoms with Crippen molar-refractivity contribution in [3.8, 4) is 0 Å². The van der Waals surface area contributed by atoms with Crippen LogP contribution in [0, 0.1) is 11.8 Å². The third-order valence-electron chi connectivity index (χ3n) is 4.97. The molecule has 1 aromatic rings. The molecule has 2 atom stereocenters. The summed E-state index contributed by atoms with van der Waals surface area (Å²) >= 11 is 6.01. The topological polar surface area (TPSA) is 29.1 Å². The number of hydrogen-bond donors (Lipinski definition) is 1. The van der Waals surface area contributed by atoms with E-state index in [9.17, 15) is 4.79 Å². The zero-order valence-electron chi connectivity index (χ0n) is 12.5. The van der Waals surface area contributed by atoms with Crippen LogP contribution in [0.5, 0.6) is 0 Å². The maximum atomic E-state index is 12.1. The Morgan fingerprint density at radius 1 is 1.29 bits per heavy atom. The first-order valence-electron chi connectivity index (χ1n) is 8.27. The van der Waals surface area contributed by atoms with Gasteiger partial charge in [0.1, 0.15) is 0 Å². The highest BCUT2D eigenvalue weighted by Crippen LogP contribution is 2.47. The van der Waals surface area contributed by atoms with Crippen molar-refractivity contribution in [2.75, 3.05) is 6.54 Å². The van der Waals surface area contributed by atoms with E-state index < -0.39 is 0 Å². The van der Waals surface area contributed by atoms with Gasteiger partial charge in [0, 0.05) is 17.5 Å². The molecule has 21 heavy (non-hydrogen) atoms. The summed E-state index contributed by atoms with van der Waals surface area (Å²) in [6, 6.07) is 7.90. The Bertz CT molecular complexity index is 496. The van der Waals surface area contributed by atoms with Gasteiger partial charge >= 0.3 is 0 Å². The summed E-state index contributed by atoms with van der Waals surface area (Å²) in [5.74, 6) is 1.68. The average Bonchev–Trinajstić information content (AvgIpc) is 3.12. The van der Waals surface area contributed by atoms with Gasteiger partial charge in [-0.25, -0.2) is 0 Å². The monoisotopic (exact) mass is 305 g/mol. The van der Waals surface area contributed by atoms with Gasteiger partial charge in [0.2, 0.25) is 5.91 Å². The number of carbonyl (C=O) groups excluding carboxylic acids is 1. The molecule has 2 unspecified atom stereocenters. The first-order valence-corrected chi connectivity index (χ1v) is 8.65. The maximum Gasteiger partial charge on any atom is 0.223 e. The standard InChI is InChI=1S/C18H24ClNO/c19-15-9-3-8-14(11-15)16-12-17(16)18(21)20-10-4-7-13-5-1-2-6-13/h3,8-9,11,13,16-17H,1-2,4-7,10,12H2,(H,20,21). The quantitative estimate of drug-likeness (QED) is 0.769. The van der Waals surface area contributed by atoms with E-state index in [0.717, 1.165) is 30.3 Å². The normalized spacial score (nSPS) is 25.0. The number of amides is 1. The molecule has 0 spiro atoms. The molecule has 3 rings (SSSR count). The lowest BCUT2D eigenvalue weighted by molar-refractivity contribution is -0.122. The van der Waals surface area contributed by atoms with E-state index in [1.807, 2.05) is 18.2 Å². The number of benzene rings is 1. The first-order chi connectivity index (χ1) is 10.2. The lowest BCUT2D eigenvalue weighted by atomic mass is 10.0. The summed E-state index contributed by atoms with van der Waals surface area (Å²) in [4.78, 5) is 12.1. The van der Waals surface area contributed by atoms with Crippen LogP contribution in [-0.2, 0) is 4.79 Å². The predicted molar refractivity (Wildman–Crippen MR) is 86.5 cm³/mol. The fourth-order valence-corrected chi connectivity index (χ4v) is 3.82. The molecule has 0 aromatic heterocycles. The SMILES string of the molecule is O=C(NCCCC1CCCC1)C1CC1c1cccc(Cl)c1. The minimum atomic E-state index is 0.162. The van der Waals surface area contributed by atoms with Crippen LogP contribution in [0.15, 0.2) is 24.3 Å². The third kappa shape index (κ3) is 4.00. The highest BCUT2D eigenvalue weighted by Gasteiger charge is 2.43. The zero-order chi connectivity index (χ0) is 14.7. The van der Waals surface area contributed by atoms with Crippen molar-refractivity contribution in [1.82, 2.24) is 5.32 Å². The second-order valence-corrected chi connectivity index (χ2v) is 7.02. The predicted octanol–water partition coefficient (Wildman–Crippen LogP) is 4.53. The smallest absolute Gasteiger partial charge is 0.223 e. The van der Waals surface area contributed by atoms with Gasteiger partial charge in [-0.1, -0.05) is 49.4 Å². The van der Waals surface area contributed by atoms with E-state index >= 15 is 0 Å². The molecule has 2 saturated carbocycles. The Hall–Kier alpha value is -1.02. The van der Waals surface area contributed by atoms with Gasteiger partial charge < -0.3 is 5.32 Å². The van der Waals surface area contributed by atoms with Gasteiger partial charge in [0.25, 0.3) is 0 Å². The van der Waals surface area contributed by atoms with E-state index in [1.54, 1.807) is 0 Å². The summed E-state index contributed by atoms with van der Waals surface area (Å²) < 4.78 is 0. The molecule has 2 aliphatic carbocycles. The minimum Gasteiger partial charge on any atom is -0.356 e. The Kier molecular flexibility index (Phi) is 4.84. The van der Waals surface area contributed by atoms with Crippen LogP contribution >= 0.6 is 11.6 Å². The van der Waals surface area contributed by atoms with Gasteiger partial charge in [0.15, 0.2) is 0 Å². The maximum absolute atomic E-state index is 12.1. The van der Waals surface area contributed by atoms with Crippen molar-refractivity contribution in [3.05, 3.63) is 34.9 Å². The van der Waals surface area contributed by atoms with Crippen molar-refractivity contribution >= 4 is 17.5 Å². The molecular formula is C18H24ClNO. The van der Waals surface area contributed by atoms with Gasteiger partial charge in [-0.2, -0.15) is 0 Å². The van der Waals surface area contributed by atoms with Crippen LogP contribution in [0.1, 0.15) is 56.4 Å². The molecule has 0 bridgehead atoms. The minimum absolute atomic E-state index is 0.162. The van der Waals surface area contributed by atoms with Crippen LogP contribution in [-0.4, -0.2) is 12.5 Å². The van der Waals surface area contributed by atoms with Gasteiger partial charge in [-0.05, 0) is 48.8 Å². The van der Waals surface area contributed by atoms with E-state index in [-0.39, 0.29) is 11.8 Å². The van der Waals surface area contributed by atoms with Gasteiger partial charge in [-0.15, -0.1) is 0 Å². The van der Waals surface area contributed by atoms with Crippen LogP contribution < -0.4 is 5.32 Å². The fraction of sp³-hybridized carbons (Fsp3) is 0.611. The van der Waals surface area contributed by atoms with Crippen molar-refractivity contribution in [3.63, 3.8) is 0 Å². The molecule has 0 heterocycles. The summed E-state index contributed by atoms with van der Waals surface area (Å²) in [5, 5.41) is 3.87. The van der Waals surface area contributed by atoms with Crippen LogP contribution in [0.4, 0.5) is 0 Å². The number of hydrogen-bond acceptors (Lipinski definition) is 1. The molecule has 0 aliphatic heterocycles. The second kappa shape index (κ2) is 6.83. The average molecular weight is 306 g/mol. The Labute approximate surface area is 132 Å². The Morgan fingerprint density at radius 3 is 2.86 bits per heavy atom. The zero-order valence-corrected chi connectivity index (χ0v) is 13.2. The van der Waals surface area contributed by atoms with E-state index in [4.69, 9.17) is 11.6 Å². The van der Waals surface area contributed by atoms with Crippen LogP contribution in [0.3, 0.4) is 0 Å². The largest absolute Gasteiger partial charge is 0.356 e. The first kappa shape index (κ1) is 14.9. The lowest BCUT2D eigenvalue weighted by Crippen LogP contribution is -2.26. The Balaban J connectivity index is 1.37. The molecule has 1 aromatic carbocycles. The van der Waals surface area contributed by atoms with E-state index in [2.05, 4.69) is 11.4 Å². The number of carbonyl (C=O) groups is 1. The van der Waals surface area contributed by atoms with Crippen molar-refractivity contribution in [2.24, 2.45) is 11.8 Å². The number of halogens is 1. The second-order valence-electron chi connectivity index (χ2n) is 6.59. The molecule has 3 heteroatoms. The summed E-state index contributed by atoms with van der Waals surface area (Å²) in [6.45, 7) is 0.841.